The van der Waals surface area contributed by atoms with Crippen molar-refractivity contribution in [1.29, 1.82) is 5.41 Å². The van der Waals surface area contributed by atoms with Crippen molar-refractivity contribution in [1.82, 2.24) is 44.4 Å². The third kappa shape index (κ3) is 33.7. The Hall–Kier alpha value is -12.6. The van der Waals surface area contributed by atoms with E-state index in [1.54, 1.807) is 96.2 Å². The van der Waals surface area contributed by atoms with Crippen LogP contribution in [0.4, 0.5) is 40.2 Å². The van der Waals surface area contributed by atoms with E-state index < -0.39 is 17.9 Å². The number of Topliss-reactive ketones (excluding diaryl/α,β-unsaturated/α-hetero) is 1. The molecule has 8 N–H and O–H groups in total. The molecular formula is C88H108ClN15O12S2. The van der Waals surface area contributed by atoms with Gasteiger partial charge in [-0.2, -0.15) is 0 Å². The highest BCUT2D eigenvalue weighted by Gasteiger charge is 2.32. The highest BCUT2D eigenvalue weighted by Crippen LogP contribution is 2.33. The van der Waals surface area contributed by atoms with Crippen LogP contribution in [0.2, 0.25) is 5.15 Å². The highest BCUT2D eigenvalue weighted by molar-refractivity contribution is 8.13. The fourth-order valence-corrected chi connectivity index (χ4v) is 9.99. The van der Waals surface area contributed by atoms with Gasteiger partial charge in [0.15, 0.2) is 27.7 Å². The third-order valence-corrected chi connectivity index (χ3v) is 15.8. The van der Waals surface area contributed by atoms with Crippen LogP contribution in [0.1, 0.15) is 124 Å². The average molecular weight is 1670 g/mol. The number of hydrogen-bond donors (Lipinski definition) is 6. The van der Waals surface area contributed by atoms with Crippen LogP contribution in [-0.2, 0) is 23.8 Å². The van der Waals surface area contributed by atoms with Crippen molar-refractivity contribution in [3.63, 3.8) is 0 Å². The molecule has 27 nitrogen and oxygen atoms in total. The molecule has 5 aromatic carbocycles. The first-order chi connectivity index (χ1) is 57.1. The number of thioether (sulfide) groups is 2. The number of aliphatic hydroxyl groups is 1. The molecule has 0 radical (unpaired) electrons. The maximum atomic E-state index is 13.0. The number of hydrogen-bond acceptors (Lipinski definition) is 24. The molecule has 1 atom stereocenters. The number of carboxylic acids is 1. The van der Waals surface area contributed by atoms with Crippen molar-refractivity contribution in [2.45, 2.75) is 94.0 Å². The Morgan fingerprint density at radius 1 is 0.593 bits per heavy atom. The summed E-state index contributed by atoms with van der Waals surface area (Å²) in [5, 5.41) is 28.7. The molecule has 12 aromatic rings. The Kier molecular flexibility index (Phi) is 52.5. The van der Waals surface area contributed by atoms with Gasteiger partial charge in [-0.15, -0.1) is 0 Å². The van der Waals surface area contributed by atoms with Crippen LogP contribution in [0.25, 0.3) is 27.6 Å². The molecule has 1 aliphatic heterocycles. The van der Waals surface area contributed by atoms with Crippen molar-refractivity contribution in [2.75, 3.05) is 75.4 Å². The number of carboxylic acid groups (broad SMARTS) is 1. The van der Waals surface area contributed by atoms with Crippen LogP contribution in [0.5, 0.6) is 0 Å². The highest BCUT2D eigenvalue weighted by atomic mass is 35.5. The summed E-state index contributed by atoms with van der Waals surface area (Å²) < 4.78 is 15.9. The minimum absolute atomic E-state index is 0.0231. The summed E-state index contributed by atoms with van der Waals surface area (Å²) >= 11 is 8.12. The lowest BCUT2D eigenvalue weighted by Gasteiger charge is -2.27. The van der Waals surface area contributed by atoms with Crippen molar-refractivity contribution in [3.05, 3.63) is 287 Å². The standard InChI is InChI=1S/C17H12N4OS.C15H14N2O3.C14H10N2O2.C13H12N2O2.C6H4ClNO2.C6H7N.C5H13NO2.C2H6N2S.5C2H6/c1-23-17-19-10-13-14(20-17)12-8-5-9-18-15(12)21(16(13)22)11-6-3-2-4-7-11;1-11(18)17(12-7-4-3-5-8-12)14-13(15(19)20-2)9-6-10-16-14;17-12-9-13(18)16(10-5-2-1-3-6-10)14-11(12)7-4-8-15-14;1-17-13(16)11-8-5-9-14-12(11)15-10-6-3-2-4-7-10;7-5-4(6(9)10)2-1-3-8-5;7-6-4-2-1-3-5-6;1-6(2)5(4-7)8-3;1-5-2(3)4;5*1-2/h2-10H,1H3;3-10H,1-2H3;1-8H,9H2;2-9H,1H3,(H,14,15);1-3H,(H,9,10);1-5H,7H2;5,7H,4H2,1-3H3;1H3,(H3,3,4);5*1-2H3. The average Bonchev–Trinajstić information content (AvgIpc) is 0.746. The molecule has 0 spiro atoms. The number of rotatable bonds is 13. The second kappa shape index (κ2) is 60.0. The zero-order valence-corrected chi connectivity index (χ0v) is 72.3. The second-order valence-electron chi connectivity index (χ2n) is 21.9. The number of halogens is 1. The molecule has 0 saturated heterocycles. The number of fused-ring (bicyclic) bond motifs is 4. The normalized spacial score (nSPS) is 10.3. The molecule has 8 heterocycles. The number of likely N-dealkylation sites (N-methyl/N-ethyl adjacent to an activating group) is 1. The van der Waals surface area contributed by atoms with E-state index in [1.165, 1.54) is 79.0 Å². The number of nitrogens with two attached hydrogens (primary N) is 2. The van der Waals surface area contributed by atoms with E-state index in [0.29, 0.717) is 50.2 Å². The number of methoxy groups -OCH3 is 3. The van der Waals surface area contributed by atoms with E-state index in [-0.39, 0.29) is 69.7 Å². The number of amidine groups is 1. The summed E-state index contributed by atoms with van der Waals surface area (Å²) in [4.78, 5) is 116. The third-order valence-electron chi connectivity index (χ3n) is 14.5. The Labute approximate surface area is 704 Å². The maximum absolute atomic E-state index is 13.0. The lowest BCUT2D eigenvalue weighted by atomic mass is 10.0. The number of aliphatic hydroxyl groups excluding tert-OH is 1. The minimum Gasteiger partial charge on any atom is -0.478 e. The van der Waals surface area contributed by atoms with Gasteiger partial charge in [0.1, 0.15) is 34.0 Å². The minimum atomic E-state index is -1.06. The van der Waals surface area contributed by atoms with Gasteiger partial charge in [-0.25, -0.2) is 49.3 Å². The first-order valence-corrected chi connectivity index (χ1v) is 40.1. The molecular weight excluding hydrogens is 1560 g/mol. The number of aromatic nitrogens is 8. The van der Waals surface area contributed by atoms with E-state index in [4.69, 9.17) is 52.9 Å². The number of aromatic carboxylic acids is 1. The Morgan fingerprint density at radius 3 is 1.53 bits per heavy atom. The zero-order chi connectivity index (χ0) is 88.5. The maximum Gasteiger partial charge on any atom is 0.341 e. The molecule has 0 saturated carbocycles. The first-order valence-electron chi connectivity index (χ1n) is 37.3. The van der Waals surface area contributed by atoms with Gasteiger partial charge in [0.2, 0.25) is 11.8 Å². The molecule has 118 heavy (non-hydrogen) atoms. The van der Waals surface area contributed by atoms with E-state index in [9.17, 15) is 33.6 Å². The summed E-state index contributed by atoms with van der Waals surface area (Å²) in [6, 6.07) is 63.4. The number of ether oxygens (including phenoxy) is 3. The summed E-state index contributed by atoms with van der Waals surface area (Å²) in [5.41, 5.74) is 16.3. The van der Waals surface area contributed by atoms with Crippen molar-refractivity contribution < 1.29 is 53.2 Å². The van der Waals surface area contributed by atoms with Gasteiger partial charge in [-0.3, -0.25) is 43.9 Å². The predicted molar refractivity (Wildman–Crippen MR) is 480 cm³/mol. The van der Waals surface area contributed by atoms with Crippen LogP contribution in [0.15, 0.2) is 259 Å². The SMILES string of the molecule is CC.CC.CC.CC.CC.COC(=O)c1cccnc1N(C(C)=O)c1ccccc1.COC(=O)c1cccnc1Nc1ccccc1.COC(CO)N(C)C.CSC(=N)N.CSc1ncc2c(=O)n(-c3ccccc3)c3ncccc3c2n1.Nc1ccccc1.O=C(O)c1cccnc1Cl.O=C1CC(=O)N(c2ccccc2)c2ncccc21. The van der Waals surface area contributed by atoms with Crippen molar-refractivity contribution in [3.8, 4) is 5.69 Å². The number of benzene rings is 5. The molecule has 30 heteroatoms. The van der Waals surface area contributed by atoms with Crippen LogP contribution in [0.3, 0.4) is 0 Å². The number of nitrogens with zero attached hydrogens (tertiary/aromatic N) is 11. The second-order valence-corrected chi connectivity index (χ2v) is 23.9. The number of amides is 2. The fraction of sp³-hybridized carbons (Fsp3) is 0.239. The van der Waals surface area contributed by atoms with Gasteiger partial charge < -0.3 is 41.2 Å². The largest absolute Gasteiger partial charge is 0.478 e. The van der Waals surface area contributed by atoms with E-state index in [1.807, 2.05) is 241 Å². The lowest BCUT2D eigenvalue weighted by molar-refractivity contribution is -0.117. The number of pyridine rings is 6. The molecule has 2 amide bonds. The summed E-state index contributed by atoms with van der Waals surface area (Å²) in [7, 11) is 7.91. The quantitative estimate of drug-likeness (QED) is 0.00596. The number of esters is 2. The number of nitrogens with one attached hydrogen (secondary N) is 2. The molecule has 0 aliphatic carbocycles. The van der Waals surface area contributed by atoms with Crippen molar-refractivity contribution >= 4 is 138 Å². The number of carbonyl (C=O) groups excluding carboxylic acids is 5. The van der Waals surface area contributed by atoms with Crippen LogP contribution < -0.4 is 32.1 Å². The monoisotopic (exact) mass is 1670 g/mol. The van der Waals surface area contributed by atoms with Crippen LogP contribution in [-0.4, -0.2) is 156 Å². The number of carbonyl (C=O) groups is 6. The number of anilines is 7. The van der Waals surface area contributed by atoms with Gasteiger partial charge in [0.05, 0.1) is 66.3 Å². The zero-order valence-electron chi connectivity index (χ0n) is 69.9. The lowest BCUT2D eigenvalue weighted by Crippen LogP contribution is -2.34. The summed E-state index contributed by atoms with van der Waals surface area (Å²) in [6.45, 7) is 21.5. The Morgan fingerprint density at radius 2 is 1.06 bits per heavy atom. The van der Waals surface area contributed by atoms with Gasteiger partial charge in [-0.1, -0.05) is 195 Å². The predicted octanol–water partition coefficient (Wildman–Crippen LogP) is 18.1. The molecule has 13 rings (SSSR count). The number of ketones is 1. The molecule has 0 fully saturated rings. The molecule has 0 bridgehead atoms. The fourth-order valence-electron chi connectivity index (χ4n) is 9.44. The first kappa shape index (κ1) is 103. The molecule has 626 valence electrons. The summed E-state index contributed by atoms with van der Waals surface area (Å²) in [5.74, 6) is -1.47. The van der Waals surface area contributed by atoms with Gasteiger partial charge in [0.25, 0.3) is 5.56 Å². The van der Waals surface area contributed by atoms with E-state index in [2.05, 4.69) is 40.2 Å². The smallest absolute Gasteiger partial charge is 0.341 e. The van der Waals surface area contributed by atoms with Gasteiger partial charge >= 0.3 is 17.9 Å². The molecule has 7 aromatic heterocycles. The molecule has 1 aliphatic rings. The number of para-hydroxylation sites is 5. The molecule has 1 unspecified atom stereocenters. The number of nitrogen functional groups attached to an aromatic ring is 1. The van der Waals surface area contributed by atoms with Crippen LogP contribution >= 0.6 is 35.1 Å². The van der Waals surface area contributed by atoms with Gasteiger partial charge in [0, 0.05) is 68.0 Å². The Bertz CT molecular complexity index is 4990. The van der Waals surface area contributed by atoms with Gasteiger partial charge in [-0.05, 0) is 148 Å². The van der Waals surface area contributed by atoms with Crippen LogP contribution in [0, 0.1) is 5.41 Å². The summed E-state index contributed by atoms with van der Waals surface area (Å²) in [6.07, 6.45) is 12.9. The Balaban J connectivity index is 0.000000687. The topological polar surface area (TPSA) is 380 Å². The van der Waals surface area contributed by atoms with Crippen molar-refractivity contribution in [2.24, 2.45) is 5.73 Å². The van der Waals surface area contributed by atoms with E-state index in [0.717, 1.165) is 28.1 Å². The van der Waals surface area contributed by atoms with E-state index >= 15 is 0 Å².